The molecule has 1 heterocycles. The predicted molar refractivity (Wildman–Crippen MR) is 55.8 cm³/mol. The number of carbonyl (C=O) groups is 3. The number of fused-ring (bicyclic) bond motifs is 2. The Bertz CT molecular complexity index is 506. The van der Waals surface area contributed by atoms with Crippen LogP contribution in [0.4, 0.5) is 0 Å². The van der Waals surface area contributed by atoms with E-state index in [1.165, 1.54) is 13.0 Å². The minimum atomic E-state index is -0.850. The molecule has 2 aliphatic rings. The molecule has 1 fully saturated rings. The molecule has 1 aliphatic carbocycles. The van der Waals surface area contributed by atoms with Gasteiger partial charge in [-0.2, -0.15) is 0 Å². The van der Waals surface area contributed by atoms with E-state index < -0.39 is 36.0 Å². The zero-order valence-electron chi connectivity index (χ0n) is 9.40. The normalized spacial score (nSPS) is 28.8. The zero-order valence-corrected chi connectivity index (χ0v) is 9.40. The van der Waals surface area contributed by atoms with Crippen LogP contribution >= 0.6 is 0 Å². The van der Waals surface area contributed by atoms with Crippen molar-refractivity contribution in [3.8, 4) is 0 Å². The van der Waals surface area contributed by atoms with E-state index in [9.17, 15) is 14.4 Å². The highest BCUT2D eigenvalue weighted by atomic mass is 16.6. The molecule has 0 N–H and O–H groups in total. The lowest BCUT2D eigenvalue weighted by Crippen LogP contribution is -2.32. The summed E-state index contributed by atoms with van der Waals surface area (Å²) >= 11 is 0. The first-order valence-corrected chi connectivity index (χ1v) is 5.21. The molecule has 0 aromatic rings. The number of amides is 1. The third-order valence-electron chi connectivity index (χ3n) is 2.79. The number of nitrogens with zero attached hydrogens (tertiary/aromatic N) is 3. The van der Waals surface area contributed by atoms with E-state index in [-0.39, 0.29) is 12.0 Å². The van der Waals surface area contributed by atoms with Crippen molar-refractivity contribution >= 4 is 17.8 Å². The molecule has 0 unspecified atom stereocenters. The van der Waals surface area contributed by atoms with E-state index in [0.29, 0.717) is 0 Å². The van der Waals surface area contributed by atoms with Crippen LogP contribution in [0.5, 0.6) is 0 Å². The first-order chi connectivity index (χ1) is 8.52. The second-order valence-electron chi connectivity index (χ2n) is 3.95. The van der Waals surface area contributed by atoms with Gasteiger partial charge in [-0.3, -0.25) is 14.4 Å². The number of esters is 2. The summed E-state index contributed by atoms with van der Waals surface area (Å²) in [5.41, 5.74) is 8.25. The summed E-state index contributed by atoms with van der Waals surface area (Å²) in [7, 11) is 0. The molecule has 1 amide bonds. The zero-order chi connectivity index (χ0) is 13.3. The summed E-state index contributed by atoms with van der Waals surface area (Å²) in [6.07, 6.45) is 0.185. The third-order valence-corrected chi connectivity index (χ3v) is 2.79. The number of rotatable bonds is 2. The number of azide groups is 1. The van der Waals surface area contributed by atoms with Gasteiger partial charge in [0.05, 0.1) is 5.92 Å². The molecule has 0 spiro atoms. The molecule has 94 valence electrons. The lowest BCUT2D eigenvalue weighted by Gasteiger charge is -2.23. The van der Waals surface area contributed by atoms with E-state index >= 15 is 0 Å². The van der Waals surface area contributed by atoms with Crippen LogP contribution in [0.1, 0.15) is 13.3 Å². The maximum atomic E-state index is 11.5. The molecule has 1 aliphatic heterocycles. The molecule has 2 bridgehead atoms. The van der Waals surface area contributed by atoms with Gasteiger partial charge in [-0.1, -0.05) is 0 Å². The van der Waals surface area contributed by atoms with E-state index in [0.717, 1.165) is 0 Å². The van der Waals surface area contributed by atoms with Crippen LogP contribution in [0.15, 0.2) is 16.8 Å². The van der Waals surface area contributed by atoms with Crippen molar-refractivity contribution in [2.45, 2.75) is 25.6 Å². The van der Waals surface area contributed by atoms with Crippen LogP contribution in [-0.2, 0) is 23.9 Å². The van der Waals surface area contributed by atoms with Crippen LogP contribution in [0.3, 0.4) is 0 Å². The lowest BCUT2D eigenvalue weighted by molar-refractivity contribution is -0.156. The van der Waals surface area contributed by atoms with Gasteiger partial charge in [-0.05, 0) is 16.7 Å². The van der Waals surface area contributed by atoms with Crippen LogP contribution in [0.2, 0.25) is 0 Å². The average molecular weight is 251 g/mol. The van der Waals surface area contributed by atoms with Crippen molar-refractivity contribution in [1.82, 2.24) is 0 Å². The third kappa shape index (κ3) is 2.05. The van der Waals surface area contributed by atoms with Crippen molar-refractivity contribution in [3.63, 3.8) is 0 Å². The Labute approximate surface area is 101 Å². The molecule has 8 heteroatoms. The second kappa shape index (κ2) is 4.50. The molecule has 1 saturated heterocycles. The largest absolute Gasteiger partial charge is 0.458 e. The Morgan fingerprint density at radius 1 is 1.61 bits per heavy atom. The fourth-order valence-electron chi connectivity index (χ4n) is 2.08. The number of carbonyl (C=O) groups excluding carboxylic acids is 3. The Morgan fingerprint density at radius 3 is 2.94 bits per heavy atom. The molecule has 8 nitrogen and oxygen atoms in total. The maximum Gasteiger partial charge on any atom is 0.314 e. The minimum Gasteiger partial charge on any atom is -0.458 e. The van der Waals surface area contributed by atoms with Crippen LogP contribution in [0, 0.1) is 5.92 Å². The molecule has 2 rings (SSSR count). The molecule has 0 saturated carbocycles. The summed E-state index contributed by atoms with van der Waals surface area (Å²) in [6, 6.07) is 0. The SMILES string of the molecule is CC(=O)O[C@H]1C=C(C(=O)N=[N+]=[N-])[C@H]2C[C@@H]1OC2=O. The Morgan fingerprint density at radius 2 is 2.33 bits per heavy atom. The predicted octanol–water partition coefficient (Wildman–Crippen LogP) is 0.627. The minimum absolute atomic E-state index is 0.0257. The monoisotopic (exact) mass is 251 g/mol. The smallest absolute Gasteiger partial charge is 0.314 e. The van der Waals surface area contributed by atoms with Gasteiger partial charge in [0.15, 0.2) is 6.10 Å². The topological polar surface area (TPSA) is 118 Å². The molecule has 0 aromatic heterocycles. The second-order valence-corrected chi connectivity index (χ2v) is 3.95. The van der Waals surface area contributed by atoms with Gasteiger partial charge in [0, 0.05) is 23.8 Å². The summed E-state index contributed by atoms with van der Waals surface area (Å²) in [5, 5.41) is 2.94. The summed E-state index contributed by atoms with van der Waals surface area (Å²) in [4.78, 5) is 36.3. The highest BCUT2D eigenvalue weighted by molar-refractivity contribution is 6.00. The van der Waals surface area contributed by atoms with E-state index in [4.69, 9.17) is 15.0 Å². The number of ether oxygens (including phenoxy) is 2. The number of hydrogen-bond acceptors (Lipinski definition) is 5. The molecule has 0 radical (unpaired) electrons. The van der Waals surface area contributed by atoms with Crippen molar-refractivity contribution in [1.29, 1.82) is 0 Å². The highest BCUT2D eigenvalue weighted by Gasteiger charge is 2.47. The molecular formula is C10H9N3O5. The van der Waals surface area contributed by atoms with Crippen LogP contribution in [0.25, 0.3) is 10.4 Å². The highest BCUT2D eigenvalue weighted by Crippen LogP contribution is 2.36. The Kier molecular flexibility index (Phi) is 3.03. The van der Waals surface area contributed by atoms with Gasteiger partial charge >= 0.3 is 11.9 Å². The van der Waals surface area contributed by atoms with E-state index in [2.05, 4.69) is 10.0 Å². The standard InChI is InChI=1S/C10H9N3O5/c1-4(14)17-7-2-5(9(15)12-13-11)6-3-8(7)18-10(6)16/h2,6-8H,3H2,1H3/t6-,7+,8+/m1/s1. The van der Waals surface area contributed by atoms with Gasteiger partial charge in [0.1, 0.15) is 6.10 Å². The van der Waals surface area contributed by atoms with Crippen LogP contribution in [-0.4, -0.2) is 30.1 Å². The fraction of sp³-hybridized carbons (Fsp3) is 0.500. The first kappa shape index (κ1) is 12.1. The molecule has 18 heavy (non-hydrogen) atoms. The van der Waals surface area contributed by atoms with Crippen molar-refractivity contribution in [2.75, 3.05) is 0 Å². The maximum absolute atomic E-state index is 11.5. The average Bonchev–Trinajstić information content (AvgIpc) is 2.61. The van der Waals surface area contributed by atoms with Gasteiger partial charge in [-0.15, -0.1) is 0 Å². The van der Waals surface area contributed by atoms with Crippen LogP contribution < -0.4 is 0 Å². The molecular weight excluding hydrogens is 242 g/mol. The fourth-order valence-corrected chi connectivity index (χ4v) is 2.08. The Hall–Kier alpha value is -2.34. The van der Waals surface area contributed by atoms with Gasteiger partial charge < -0.3 is 9.47 Å². The molecule has 0 aromatic carbocycles. The quantitative estimate of drug-likeness (QED) is 0.308. The van der Waals surface area contributed by atoms with E-state index in [1.54, 1.807) is 0 Å². The van der Waals surface area contributed by atoms with Gasteiger partial charge in [-0.25, -0.2) is 0 Å². The van der Waals surface area contributed by atoms with Gasteiger partial charge in [0.25, 0.3) is 0 Å². The van der Waals surface area contributed by atoms with Crippen molar-refractivity contribution in [2.24, 2.45) is 11.0 Å². The number of hydrogen-bond donors (Lipinski definition) is 0. The lowest BCUT2D eigenvalue weighted by atomic mass is 9.87. The van der Waals surface area contributed by atoms with E-state index in [1.807, 2.05) is 0 Å². The first-order valence-electron chi connectivity index (χ1n) is 5.21. The Balaban J connectivity index is 2.32. The van der Waals surface area contributed by atoms with Gasteiger partial charge in [0.2, 0.25) is 5.91 Å². The summed E-state index contributed by atoms with van der Waals surface area (Å²) in [5.74, 6) is -2.70. The summed E-state index contributed by atoms with van der Waals surface area (Å²) in [6.45, 7) is 1.21. The van der Waals surface area contributed by atoms with Crippen molar-refractivity contribution in [3.05, 3.63) is 22.1 Å². The molecule has 3 atom stereocenters. The van der Waals surface area contributed by atoms with Crippen molar-refractivity contribution < 1.29 is 23.9 Å². The summed E-state index contributed by atoms with van der Waals surface area (Å²) < 4.78 is 9.95.